The highest BCUT2D eigenvalue weighted by molar-refractivity contribution is 5.70. The molecule has 2 unspecified atom stereocenters. The van der Waals surface area contributed by atoms with Gasteiger partial charge in [0.2, 0.25) is 0 Å². The molecule has 4 nitrogen and oxygen atoms in total. The first kappa shape index (κ1) is 15.7. The van der Waals surface area contributed by atoms with Crippen LogP contribution in [0.2, 0.25) is 0 Å². The molecule has 3 N–H and O–H groups in total. The highest BCUT2D eigenvalue weighted by atomic mass is 16.5. The molecule has 0 aliphatic carbocycles. The average molecular weight is 265 g/mol. The van der Waals surface area contributed by atoms with Gasteiger partial charge in [-0.2, -0.15) is 0 Å². The zero-order valence-electron chi connectivity index (χ0n) is 12.0. The number of aliphatic hydroxyl groups excluding tert-OH is 1. The van der Waals surface area contributed by atoms with Crippen LogP contribution < -0.4 is 5.73 Å². The van der Waals surface area contributed by atoms with Gasteiger partial charge in [0, 0.05) is 6.04 Å². The molecule has 0 saturated heterocycles. The Bertz CT molecular complexity index is 420. The van der Waals surface area contributed by atoms with Crippen LogP contribution >= 0.6 is 0 Å². The zero-order chi connectivity index (χ0) is 14.6. The lowest BCUT2D eigenvalue weighted by Gasteiger charge is -2.22. The Balaban J connectivity index is 2.77. The summed E-state index contributed by atoms with van der Waals surface area (Å²) in [5.74, 6) is -0.419. The van der Waals surface area contributed by atoms with Crippen molar-refractivity contribution in [2.45, 2.75) is 44.8 Å². The quantitative estimate of drug-likeness (QED) is 0.816. The summed E-state index contributed by atoms with van der Waals surface area (Å²) in [4.78, 5) is 11.1. The van der Waals surface area contributed by atoms with Gasteiger partial charge in [-0.1, -0.05) is 45.0 Å². The molecule has 0 fully saturated rings. The van der Waals surface area contributed by atoms with E-state index in [-0.39, 0.29) is 11.8 Å². The Morgan fingerprint density at radius 2 is 1.84 bits per heavy atom. The summed E-state index contributed by atoms with van der Waals surface area (Å²) in [5, 5.41) is 10.1. The first-order valence-corrected chi connectivity index (χ1v) is 6.36. The Morgan fingerprint density at radius 3 is 2.26 bits per heavy atom. The minimum Gasteiger partial charge on any atom is -0.469 e. The molecule has 0 aromatic heterocycles. The third-order valence-corrected chi connectivity index (χ3v) is 3.15. The molecule has 1 aromatic carbocycles. The van der Waals surface area contributed by atoms with E-state index in [4.69, 9.17) is 5.73 Å². The SMILES string of the molecule is COC(=O)CC(N)C(O)c1ccc(C(C)(C)C)cc1. The minimum atomic E-state index is -0.867. The molecule has 0 heterocycles. The van der Waals surface area contributed by atoms with E-state index in [1.165, 1.54) is 12.7 Å². The molecule has 19 heavy (non-hydrogen) atoms. The number of benzene rings is 1. The van der Waals surface area contributed by atoms with Crippen LogP contribution in [0.4, 0.5) is 0 Å². The molecule has 0 radical (unpaired) electrons. The van der Waals surface area contributed by atoms with Crippen LogP contribution in [0.1, 0.15) is 44.4 Å². The molecule has 0 bridgehead atoms. The number of rotatable bonds is 4. The second-order valence-electron chi connectivity index (χ2n) is 5.76. The number of ether oxygens (including phenoxy) is 1. The maximum absolute atomic E-state index is 11.1. The summed E-state index contributed by atoms with van der Waals surface area (Å²) < 4.78 is 4.54. The Labute approximate surface area is 114 Å². The fraction of sp³-hybridized carbons (Fsp3) is 0.533. The summed E-state index contributed by atoms with van der Waals surface area (Å²) >= 11 is 0. The van der Waals surface area contributed by atoms with E-state index in [1.54, 1.807) is 0 Å². The van der Waals surface area contributed by atoms with E-state index >= 15 is 0 Å². The van der Waals surface area contributed by atoms with Crippen molar-refractivity contribution < 1.29 is 14.6 Å². The van der Waals surface area contributed by atoms with Crippen LogP contribution in [0.3, 0.4) is 0 Å². The Kier molecular flexibility index (Phi) is 5.09. The highest BCUT2D eigenvalue weighted by Gasteiger charge is 2.21. The number of hydrogen-bond donors (Lipinski definition) is 2. The summed E-state index contributed by atoms with van der Waals surface area (Å²) in [6, 6.07) is 6.99. The number of methoxy groups -OCH3 is 1. The van der Waals surface area contributed by atoms with E-state index in [9.17, 15) is 9.90 Å². The lowest BCUT2D eigenvalue weighted by Crippen LogP contribution is -2.31. The molecule has 106 valence electrons. The van der Waals surface area contributed by atoms with Gasteiger partial charge in [0.25, 0.3) is 0 Å². The van der Waals surface area contributed by atoms with Crippen LogP contribution in [0, 0.1) is 0 Å². The summed E-state index contributed by atoms with van der Waals surface area (Å²) in [6.45, 7) is 6.38. The van der Waals surface area contributed by atoms with Crippen molar-refractivity contribution >= 4 is 5.97 Å². The van der Waals surface area contributed by atoms with Crippen molar-refractivity contribution in [1.82, 2.24) is 0 Å². The fourth-order valence-electron chi connectivity index (χ4n) is 1.81. The van der Waals surface area contributed by atoms with Crippen molar-refractivity contribution in [3.63, 3.8) is 0 Å². The van der Waals surface area contributed by atoms with Crippen LogP contribution in [0.25, 0.3) is 0 Å². The highest BCUT2D eigenvalue weighted by Crippen LogP contribution is 2.25. The second-order valence-corrected chi connectivity index (χ2v) is 5.76. The smallest absolute Gasteiger partial charge is 0.307 e. The molecule has 0 aliphatic heterocycles. The lowest BCUT2D eigenvalue weighted by molar-refractivity contribution is -0.141. The van der Waals surface area contributed by atoms with Gasteiger partial charge >= 0.3 is 5.97 Å². The van der Waals surface area contributed by atoms with Crippen LogP contribution in [-0.2, 0) is 14.9 Å². The van der Waals surface area contributed by atoms with Gasteiger partial charge in [-0.25, -0.2) is 0 Å². The average Bonchev–Trinajstić information content (AvgIpc) is 2.36. The van der Waals surface area contributed by atoms with Gasteiger partial charge in [0.15, 0.2) is 0 Å². The van der Waals surface area contributed by atoms with E-state index in [0.717, 1.165) is 0 Å². The Hall–Kier alpha value is -1.39. The van der Waals surface area contributed by atoms with Gasteiger partial charge in [-0.3, -0.25) is 4.79 Å². The first-order valence-electron chi connectivity index (χ1n) is 6.36. The Morgan fingerprint density at radius 1 is 1.32 bits per heavy atom. The van der Waals surface area contributed by atoms with E-state index in [1.807, 2.05) is 24.3 Å². The number of carbonyl (C=O) groups is 1. The molecule has 1 aromatic rings. The van der Waals surface area contributed by atoms with Crippen LogP contribution in [-0.4, -0.2) is 24.2 Å². The van der Waals surface area contributed by atoms with E-state index in [2.05, 4.69) is 25.5 Å². The summed E-state index contributed by atoms with van der Waals surface area (Å²) in [7, 11) is 1.31. The third kappa shape index (κ3) is 4.33. The van der Waals surface area contributed by atoms with E-state index in [0.29, 0.717) is 5.56 Å². The van der Waals surface area contributed by atoms with Gasteiger partial charge in [0.05, 0.1) is 19.6 Å². The minimum absolute atomic E-state index is 0.00130. The van der Waals surface area contributed by atoms with Crippen molar-refractivity contribution in [3.8, 4) is 0 Å². The van der Waals surface area contributed by atoms with Gasteiger partial charge in [-0.15, -0.1) is 0 Å². The normalized spacial score (nSPS) is 14.8. The van der Waals surface area contributed by atoms with Crippen molar-refractivity contribution in [1.29, 1.82) is 0 Å². The fourth-order valence-corrected chi connectivity index (χ4v) is 1.81. The summed E-state index contributed by atoms with van der Waals surface area (Å²) in [6.07, 6.45) is -0.869. The third-order valence-electron chi connectivity index (χ3n) is 3.15. The second kappa shape index (κ2) is 6.17. The van der Waals surface area contributed by atoms with E-state index < -0.39 is 18.1 Å². The molecule has 1 rings (SSSR count). The topological polar surface area (TPSA) is 72.5 Å². The van der Waals surface area contributed by atoms with Gasteiger partial charge in [-0.05, 0) is 16.5 Å². The predicted molar refractivity (Wildman–Crippen MR) is 74.7 cm³/mol. The monoisotopic (exact) mass is 265 g/mol. The molecule has 0 amide bonds. The largest absolute Gasteiger partial charge is 0.469 e. The van der Waals surface area contributed by atoms with Gasteiger partial charge in [0.1, 0.15) is 0 Å². The maximum atomic E-state index is 11.1. The van der Waals surface area contributed by atoms with Crippen LogP contribution in [0.15, 0.2) is 24.3 Å². The van der Waals surface area contributed by atoms with Crippen LogP contribution in [0.5, 0.6) is 0 Å². The molecule has 0 aliphatic rings. The number of aliphatic hydroxyl groups is 1. The molecule has 0 saturated carbocycles. The predicted octanol–water partition coefficient (Wildman–Crippen LogP) is 1.91. The van der Waals surface area contributed by atoms with Crippen molar-refractivity contribution in [2.75, 3.05) is 7.11 Å². The first-order chi connectivity index (χ1) is 8.75. The van der Waals surface area contributed by atoms with Crippen molar-refractivity contribution in [2.24, 2.45) is 5.73 Å². The number of nitrogens with two attached hydrogens (primary N) is 1. The zero-order valence-corrected chi connectivity index (χ0v) is 12.0. The maximum Gasteiger partial charge on any atom is 0.307 e. The molecule has 0 spiro atoms. The number of carbonyl (C=O) groups excluding carboxylic acids is 1. The summed E-state index contributed by atoms with van der Waals surface area (Å²) in [5.41, 5.74) is 7.76. The lowest BCUT2D eigenvalue weighted by atomic mass is 9.86. The molecular weight excluding hydrogens is 242 g/mol. The molecule has 2 atom stereocenters. The standard InChI is InChI=1S/C15H23NO3/c1-15(2,3)11-7-5-10(6-8-11)14(18)12(16)9-13(17)19-4/h5-8,12,14,18H,9,16H2,1-4H3. The van der Waals surface area contributed by atoms with Gasteiger partial charge < -0.3 is 15.6 Å². The van der Waals surface area contributed by atoms with Crippen molar-refractivity contribution in [3.05, 3.63) is 35.4 Å². The number of esters is 1. The molecule has 4 heteroatoms. The number of hydrogen-bond acceptors (Lipinski definition) is 4. The molecular formula is C15H23NO3.